The van der Waals surface area contributed by atoms with Crippen molar-refractivity contribution >= 4 is 12.4 Å². The SMILES string of the molecule is CN1C=CN(CC#N)C1.Cl. The van der Waals surface area contributed by atoms with Crippen molar-refractivity contribution in [3.8, 4) is 6.07 Å². The molecule has 56 valence electrons. The summed E-state index contributed by atoms with van der Waals surface area (Å²) in [5, 5.41) is 8.27. The summed E-state index contributed by atoms with van der Waals surface area (Å²) in [7, 11) is 1.98. The Bertz CT molecular complexity index is 161. The second-order valence-corrected chi connectivity index (χ2v) is 2.10. The van der Waals surface area contributed by atoms with E-state index in [4.69, 9.17) is 5.26 Å². The van der Waals surface area contributed by atoms with E-state index in [0.717, 1.165) is 6.67 Å². The van der Waals surface area contributed by atoms with Gasteiger partial charge in [-0.1, -0.05) is 0 Å². The Morgan fingerprint density at radius 3 is 2.70 bits per heavy atom. The van der Waals surface area contributed by atoms with Crippen molar-refractivity contribution in [1.29, 1.82) is 5.26 Å². The Kier molecular flexibility index (Phi) is 3.67. The van der Waals surface area contributed by atoms with E-state index in [-0.39, 0.29) is 12.4 Å². The summed E-state index contributed by atoms with van der Waals surface area (Å²) in [4.78, 5) is 3.97. The third kappa shape index (κ3) is 2.16. The van der Waals surface area contributed by atoms with Gasteiger partial charge in [-0.3, -0.25) is 0 Å². The smallest absolute Gasteiger partial charge is 0.107 e. The first-order valence-electron chi connectivity index (χ1n) is 2.82. The average Bonchev–Trinajstić information content (AvgIpc) is 2.17. The first-order chi connectivity index (χ1) is 4.33. The van der Waals surface area contributed by atoms with Crippen LogP contribution in [0.1, 0.15) is 0 Å². The molecule has 1 aliphatic rings. The van der Waals surface area contributed by atoms with Crippen molar-refractivity contribution in [2.45, 2.75) is 0 Å². The minimum atomic E-state index is 0. The molecule has 0 aromatic rings. The Morgan fingerprint density at radius 2 is 2.30 bits per heavy atom. The van der Waals surface area contributed by atoms with Crippen LogP contribution in [-0.2, 0) is 0 Å². The maximum Gasteiger partial charge on any atom is 0.107 e. The largest absolute Gasteiger partial charge is 0.362 e. The van der Waals surface area contributed by atoms with Gasteiger partial charge in [0, 0.05) is 19.4 Å². The lowest BCUT2D eigenvalue weighted by Gasteiger charge is -2.13. The van der Waals surface area contributed by atoms with Crippen LogP contribution < -0.4 is 0 Å². The van der Waals surface area contributed by atoms with E-state index in [1.165, 1.54) is 0 Å². The molecule has 0 N–H and O–H groups in total. The van der Waals surface area contributed by atoms with Crippen LogP contribution in [0.4, 0.5) is 0 Å². The molecule has 10 heavy (non-hydrogen) atoms. The maximum atomic E-state index is 8.27. The van der Waals surface area contributed by atoms with Gasteiger partial charge in [-0.05, 0) is 0 Å². The third-order valence-corrected chi connectivity index (χ3v) is 1.21. The molecule has 0 aliphatic carbocycles. The molecule has 1 rings (SSSR count). The Morgan fingerprint density at radius 1 is 1.60 bits per heavy atom. The number of nitrogens with zero attached hydrogens (tertiary/aromatic N) is 3. The number of hydrogen-bond acceptors (Lipinski definition) is 3. The van der Waals surface area contributed by atoms with Crippen molar-refractivity contribution in [2.75, 3.05) is 20.3 Å². The summed E-state index contributed by atoms with van der Waals surface area (Å²) < 4.78 is 0. The second-order valence-electron chi connectivity index (χ2n) is 2.10. The summed E-state index contributed by atoms with van der Waals surface area (Å²) in [5.41, 5.74) is 0. The van der Waals surface area contributed by atoms with E-state index in [0.29, 0.717) is 6.54 Å². The highest BCUT2D eigenvalue weighted by Gasteiger charge is 2.05. The minimum Gasteiger partial charge on any atom is -0.362 e. The molecule has 0 amide bonds. The van der Waals surface area contributed by atoms with E-state index >= 15 is 0 Å². The molecule has 4 heteroatoms. The van der Waals surface area contributed by atoms with E-state index in [9.17, 15) is 0 Å². The molecular weight excluding hydrogens is 150 g/mol. The van der Waals surface area contributed by atoms with Gasteiger partial charge in [0.25, 0.3) is 0 Å². The molecule has 1 heterocycles. The normalized spacial score (nSPS) is 14.8. The van der Waals surface area contributed by atoms with Crippen molar-refractivity contribution in [2.24, 2.45) is 0 Å². The van der Waals surface area contributed by atoms with Crippen LogP contribution in [0.2, 0.25) is 0 Å². The molecule has 0 aromatic heterocycles. The molecule has 0 saturated carbocycles. The second kappa shape index (κ2) is 4.02. The Labute approximate surface area is 66.9 Å². The number of hydrogen-bond donors (Lipinski definition) is 0. The van der Waals surface area contributed by atoms with Crippen LogP contribution in [-0.4, -0.2) is 30.1 Å². The van der Waals surface area contributed by atoms with Gasteiger partial charge in [0.2, 0.25) is 0 Å². The molecule has 1 aliphatic heterocycles. The van der Waals surface area contributed by atoms with Crippen molar-refractivity contribution in [3.63, 3.8) is 0 Å². The highest BCUT2D eigenvalue weighted by molar-refractivity contribution is 5.85. The molecule has 0 spiro atoms. The molecule has 3 nitrogen and oxygen atoms in total. The van der Waals surface area contributed by atoms with Crippen LogP contribution in [0.15, 0.2) is 12.4 Å². The molecular formula is C6H10ClN3. The lowest BCUT2D eigenvalue weighted by molar-refractivity contribution is 0.321. The molecule has 0 bridgehead atoms. The van der Waals surface area contributed by atoms with E-state index in [1.807, 2.05) is 29.2 Å². The van der Waals surface area contributed by atoms with Crippen molar-refractivity contribution < 1.29 is 0 Å². The Hall–Kier alpha value is -0.880. The zero-order chi connectivity index (χ0) is 6.69. The van der Waals surface area contributed by atoms with Gasteiger partial charge in [-0.15, -0.1) is 12.4 Å². The number of nitriles is 1. The molecule has 0 saturated heterocycles. The quantitative estimate of drug-likeness (QED) is 0.526. The van der Waals surface area contributed by atoms with Gasteiger partial charge < -0.3 is 9.80 Å². The van der Waals surface area contributed by atoms with Gasteiger partial charge in [0.05, 0.1) is 12.7 Å². The molecule has 0 atom stereocenters. The fraction of sp³-hybridized carbons (Fsp3) is 0.500. The molecule has 0 fully saturated rings. The molecule has 0 radical (unpaired) electrons. The van der Waals surface area contributed by atoms with Crippen LogP contribution in [0, 0.1) is 11.3 Å². The average molecular weight is 160 g/mol. The first kappa shape index (κ1) is 9.12. The number of rotatable bonds is 1. The lowest BCUT2D eigenvalue weighted by Crippen LogP contribution is -2.22. The summed E-state index contributed by atoms with van der Waals surface area (Å²) in [6.45, 7) is 1.33. The fourth-order valence-corrected chi connectivity index (χ4v) is 0.782. The Balaban J connectivity index is 0.000000810. The zero-order valence-corrected chi connectivity index (χ0v) is 6.64. The fourth-order valence-electron chi connectivity index (χ4n) is 0.782. The van der Waals surface area contributed by atoms with Crippen molar-refractivity contribution in [3.05, 3.63) is 12.4 Å². The third-order valence-electron chi connectivity index (χ3n) is 1.21. The molecule has 0 aromatic carbocycles. The van der Waals surface area contributed by atoms with Gasteiger partial charge >= 0.3 is 0 Å². The highest BCUT2D eigenvalue weighted by Crippen LogP contribution is 2.00. The van der Waals surface area contributed by atoms with Crippen molar-refractivity contribution in [1.82, 2.24) is 9.80 Å². The van der Waals surface area contributed by atoms with Crippen LogP contribution >= 0.6 is 12.4 Å². The minimum absolute atomic E-state index is 0. The zero-order valence-electron chi connectivity index (χ0n) is 5.82. The monoisotopic (exact) mass is 159 g/mol. The van der Waals surface area contributed by atoms with Gasteiger partial charge in [-0.25, -0.2) is 0 Å². The maximum absolute atomic E-state index is 8.27. The van der Waals surface area contributed by atoms with Crippen LogP contribution in [0.25, 0.3) is 0 Å². The van der Waals surface area contributed by atoms with Gasteiger partial charge in [0.15, 0.2) is 0 Å². The van der Waals surface area contributed by atoms with Crippen LogP contribution in [0.3, 0.4) is 0 Å². The lowest BCUT2D eigenvalue weighted by atomic mass is 10.6. The van der Waals surface area contributed by atoms with Gasteiger partial charge in [0.1, 0.15) is 6.54 Å². The van der Waals surface area contributed by atoms with E-state index in [2.05, 4.69) is 6.07 Å². The number of halogens is 1. The van der Waals surface area contributed by atoms with Gasteiger partial charge in [-0.2, -0.15) is 5.26 Å². The summed E-state index contributed by atoms with van der Waals surface area (Å²) in [6.07, 6.45) is 3.88. The highest BCUT2D eigenvalue weighted by atomic mass is 35.5. The predicted octanol–water partition coefficient (Wildman–Crippen LogP) is 0.608. The molecule has 0 unspecified atom stereocenters. The first-order valence-corrected chi connectivity index (χ1v) is 2.82. The summed E-state index contributed by atoms with van der Waals surface area (Å²) in [5.74, 6) is 0. The predicted molar refractivity (Wildman–Crippen MR) is 41.3 cm³/mol. The standard InChI is InChI=1S/C6H9N3.ClH/c1-8-4-5-9(6-8)3-2-7;/h4-5H,3,6H2,1H3;1H. The topological polar surface area (TPSA) is 30.3 Å². The summed E-state index contributed by atoms with van der Waals surface area (Å²) >= 11 is 0. The van der Waals surface area contributed by atoms with E-state index < -0.39 is 0 Å². The van der Waals surface area contributed by atoms with Crippen LogP contribution in [0.5, 0.6) is 0 Å². The van der Waals surface area contributed by atoms with E-state index in [1.54, 1.807) is 0 Å². The summed E-state index contributed by atoms with van der Waals surface area (Å²) in [6, 6.07) is 2.08.